The first-order valence-corrected chi connectivity index (χ1v) is 8.95. The summed E-state index contributed by atoms with van der Waals surface area (Å²) >= 11 is 0. The van der Waals surface area contributed by atoms with Gasteiger partial charge < -0.3 is 16.0 Å². The molecule has 0 spiro atoms. The molecule has 4 rings (SSSR count). The maximum Gasteiger partial charge on any atom is 0.225 e. The molecule has 0 radical (unpaired) electrons. The van der Waals surface area contributed by atoms with E-state index < -0.39 is 0 Å². The molecular formula is C20H21N7O. The highest BCUT2D eigenvalue weighted by atomic mass is 16.5. The van der Waals surface area contributed by atoms with Crippen LogP contribution < -0.4 is 11.5 Å². The molecule has 8 heteroatoms. The second-order valence-corrected chi connectivity index (χ2v) is 6.90. The van der Waals surface area contributed by atoms with Crippen LogP contribution in [0.2, 0.25) is 0 Å². The second kappa shape index (κ2) is 6.56. The molecule has 0 saturated heterocycles. The minimum atomic E-state index is -0.214. The molecular weight excluding hydrogens is 354 g/mol. The number of benzene rings is 1. The fraction of sp³-hybridized carbons (Fsp3) is 0.250. The molecule has 8 nitrogen and oxygen atoms in total. The number of hydrogen-bond acceptors (Lipinski definition) is 8. The fourth-order valence-electron chi connectivity index (χ4n) is 3.47. The third-order valence-corrected chi connectivity index (χ3v) is 4.89. The normalized spacial score (nSPS) is 12.4. The fourth-order valence-corrected chi connectivity index (χ4v) is 3.47. The van der Waals surface area contributed by atoms with Gasteiger partial charge in [0.2, 0.25) is 11.9 Å². The van der Waals surface area contributed by atoms with Crippen LogP contribution in [-0.4, -0.2) is 25.1 Å². The summed E-state index contributed by atoms with van der Waals surface area (Å²) in [4.78, 5) is 17.4. The molecule has 3 aromatic heterocycles. The molecule has 4 aromatic rings. The minimum absolute atomic E-state index is 0.0952. The van der Waals surface area contributed by atoms with Gasteiger partial charge in [-0.3, -0.25) is 0 Å². The van der Waals surface area contributed by atoms with Crippen LogP contribution >= 0.6 is 0 Å². The van der Waals surface area contributed by atoms with E-state index in [1.807, 2.05) is 45.9 Å². The Balaban J connectivity index is 2.02. The van der Waals surface area contributed by atoms with E-state index in [9.17, 15) is 0 Å². The first kappa shape index (κ1) is 17.8. The summed E-state index contributed by atoms with van der Waals surface area (Å²) in [6, 6.07) is 8.21. The maximum atomic E-state index is 5.78. The number of anilines is 2. The van der Waals surface area contributed by atoms with Crippen LogP contribution in [0, 0.1) is 20.8 Å². The lowest BCUT2D eigenvalue weighted by atomic mass is 9.92. The Hall–Kier alpha value is -3.55. The van der Waals surface area contributed by atoms with Gasteiger partial charge in [0, 0.05) is 11.3 Å². The number of fused-ring (bicyclic) bond motifs is 1. The van der Waals surface area contributed by atoms with Crippen molar-refractivity contribution in [1.82, 2.24) is 25.1 Å². The van der Waals surface area contributed by atoms with Gasteiger partial charge >= 0.3 is 0 Å². The quantitative estimate of drug-likeness (QED) is 0.558. The summed E-state index contributed by atoms with van der Waals surface area (Å²) in [5, 5.41) is 5.13. The van der Waals surface area contributed by atoms with Gasteiger partial charge in [0.15, 0.2) is 0 Å². The summed E-state index contributed by atoms with van der Waals surface area (Å²) < 4.78 is 5.40. The molecule has 0 aliphatic rings. The van der Waals surface area contributed by atoms with Crippen molar-refractivity contribution >= 4 is 22.8 Å². The van der Waals surface area contributed by atoms with E-state index in [0.717, 1.165) is 39.0 Å². The molecule has 28 heavy (non-hydrogen) atoms. The standard InChI is InChI=1S/C20H21N7O/c1-9-6-5-7-13-8-14(10(2)18-24-19(21)26-20(22)25-18)17(23-16(9)13)15-11(3)27-28-12(15)4/h5-8,10H,1-4H3,(H4,21,22,24,25,26). The van der Waals surface area contributed by atoms with Crippen LogP contribution in [0.3, 0.4) is 0 Å². The second-order valence-electron chi connectivity index (χ2n) is 6.90. The lowest BCUT2D eigenvalue weighted by Crippen LogP contribution is -2.11. The van der Waals surface area contributed by atoms with Crippen molar-refractivity contribution in [3.05, 3.63) is 52.7 Å². The van der Waals surface area contributed by atoms with Crippen LogP contribution in [0.5, 0.6) is 0 Å². The highest BCUT2D eigenvalue weighted by Gasteiger charge is 2.24. The number of para-hydroxylation sites is 1. The van der Waals surface area contributed by atoms with E-state index in [-0.39, 0.29) is 17.8 Å². The predicted molar refractivity (Wildman–Crippen MR) is 108 cm³/mol. The number of pyridine rings is 1. The number of nitrogens with zero attached hydrogens (tertiary/aromatic N) is 5. The highest BCUT2D eigenvalue weighted by Crippen LogP contribution is 2.36. The van der Waals surface area contributed by atoms with E-state index in [1.54, 1.807) is 0 Å². The maximum absolute atomic E-state index is 5.78. The minimum Gasteiger partial charge on any atom is -0.368 e. The Morgan fingerprint density at radius 2 is 1.68 bits per heavy atom. The van der Waals surface area contributed by atoms with Crippen molar-refractivity contribution in [2.24, 2.45) is 0 Å². The van der Waals surface area contributed by atoms with E-state index in [4.69, 9.17) is 21.0 Å². The van der Waals surface area contributed by atoms with E-state index in [1.165, 1.54) is 0 Å². The van der Waals surface area contributed by atoms with Crippen LogP contribution in [0.4, 0.5) is 11.9 Å². The van der Waals surface area contributed by atoms with Gasteiger partial charge in [-0.1, -0.05) is 30.3 Å². The van der Waals surface area contributed by atoms with Gasteiger partial charge in [-0.25, -0.2) is 4.98 Å². The number of rotatable bonds is 3. The zero-order valence-corrected chi connectivity index (χ0v) is 16.2. The number of aryl methyl sites for hydroxylation is 3. The van der Waals surface area contributed by atoms with Crippen molar-refractivity contribution < 1.29 is 4.52 Å². The SMILES string of the molecule is Cc1noc(C)c1-c1nc2c(C)cccc2cc1C(C)c1nc(N)nc(N)n1. The molecule has 4 N–H and O–H groups in total. The highest BCUT2D eigenvalue weighted by molar-refractivity contribution is 5.86. The number of nitrogen functional groups attached to an aromatic ring is 2. The Kier molecular flexibility index (Phi) is 4.18. The molecule has 0 aliphatic heterocycles. The van der Waals surface area contributed by atoms with Crippen LogP contribution in [0.15, 0.2) is 28.8 Å². The van der Waals surface area contributed by atoms with Gasteiger partial charge in [0.25, 0.3) is 0 Å². The molecule has 1 atom stereocenters. The summed E-state index contributed by atoms with van der Waals surface area (Å²) in [6.07, 6.45) is 0. The molecule has 0 fully saturated rings. The Labute approximate surface area is 162 Å². The summed E-state index contributed by atoms with van der Waals surface area (Å²) in [5.74, 6) is 1.18. The van der Waals surface area contributed by atoms with Crippen molar-refractivity contribution in [2.75, 3.05) is 11.5 Å². The first-order chi connectivity index (χ1) is 13.3. The van der Waals surface area contributed by atoms with E-state index in [0.29, 0.717) is 11.6 Å². The van der Waals surface area contributed by atoms with Gasteiger partial charge in [0.1, 0.15) is 11.6 Å². The Bertz CT molecular complexity index is 1160. The molecule has 0 saturated carbocycles. The molecule has 0 bridgehead atoms. The number of aromatic nitrogens is 5. The molecule has 3 heterocycles. The average molecular weight is 375 g/mol. The monoisotopic (exact) mass is 375 g/mol. The van der Waals surface area contributed by atoms with Crippen molar-refractivity contribution in [3.63, 3.8) is 0 Å². The Morgan fingerprint density at radius 3 is 2.32 bits per heavy atom. The smallest absolute Gasteiger partial charge is 0.225 e. The summed E-state index contributed by atoms with van der Waals surface area (Å²) in [7, 11) is 0. The average Bonchev–Trinajstić information content (AvgIpc) is 2.98. The number of hydrogen-bond donors (Lipinski definition) is 2. The zero-order valence-electron chi connectivity index (χ0n) is 16.2. The van der Waals surface area contributed by atoms with Gasteiger partial charge in [-0.05, 0) is 38.0 Å². The molecule has 1 unspecified atom stereocenters. The summed E-state index contributed by atoms with van der Waals surface area (Å²) in [5.41, 5.74) is 17.0. The van der Waals surface area contributed by atoms with Crippen molar-refractivity contribution in [2.45, 2.75) is 33.6 Å². The lowest BCUT2D eigenvalue weighted by Gasteiger charge is -2.17. The molecule has 0 aliphatic carbocycles. The van der Waals surface area contributed by atoms with Gasteiger partial charge in [-0.2, -0.15) is 15.0 Å². The topological polar surface area (TPSA) is 130 Å². The molecule has 142 valence electrons. The van der Waals surface area contributed by atoms with Crippen LogP contribution in [-0.2, 0) is 0 Å². The van der Waals surface area contributed by atoms with E-state index >= 15 is 0 Å². The van der Waals surface area contributed by atoms with E-state index in [2.05, 4.69) is 26.2 Å². The third-order valence-electron chi connectivity index (χ3n) is 4.89. The van der Waals surface area contributed by atoms with Crippen molar-refractivity contribution in [1.29, 1.82) is 0 Å². The van der Waals surface area contributed by atoms with Gasteiger partial charge in [0.05, 0.1) is 22.5 Å². The van der Waals surface area contributed by atoms with Crippen molar-refractivity contribution in [3.8, 4) is 11.3 Å². The number of nitrogens with two attached hydrogens (primary N) is 2. The third kappa shape index (κ3) is 2.92. The van der Waals surface area contributed by atoms with Crippen LogP contribution in [0.25, 0.3) is 22.2 Å². The van der Waals surface area contributed by atoms with Crippen LogP contribution in [0.1, 0.15) is 41.2 Å². The molecule has 0 amide bonds. The Morgan fingerprint density at radius 1 is 0.964 bits per heavy atom. The first-order valence-electron chi connectivity index (χ1n) is 8.95. The molecule has 1 aromatic carbocycles. The lowest BCUT2D eigenvalue weighted by molar-refractivity contribution is 0.393. The predicted octanol–water partition coefficient (Wildman–Crippen LogP) is 3.32. The van der Waals surface area contributed by atoms with Gasteiger partial charge in [-0.15, -0.1) is 0 Å². The summed E-state index contributed by atoms with van der Waals surface area (Å²) in [6.45, 7) is 7.83. The zero-order chi connectivity index (χ0) is 20.0. The largest absolute Gasteiger partial charge is 0.368 e.